The van der Waals surface area contributed by atoms with Gasteiger partial charge in [-0.3, -0.25) is 4.79 Å². The molecule has 0 saturated carbocycles. The van der Waals surface area contributed by atoms with Crippen molar-refractivity contribution < 1.29 is 4.74 Å². The van der Waals surface area contributed by atoms with Gasteiger partial charge in [0.1, 0.15) is 18.2 Å². The topological polar surface area (TPSA) is 67.0 Å². The van der Waals surface area contributed by atoms with E-state index in [2.05, 4.69) is 15.3 Å². The highest BCUT2D eigenvalue weighted by Crippen LogP contribution is 2.36. The van der Waals surface area contributed by atoms with Crippen LogP contribution < -0.4 is 15.6 Å². The molecule has 2 aliphatic heterocycles. The molecule has 0 spiro atoms. The number of nitrogens with one attached hydrogen (secondary N) is 2. The van der Waals surface area contributed by atoms with Crippen LogP contribution in [0.25, 0.3) is 0 Å². The first-order chi connectivity index (χ1) is 9.83. The fourth-order valence-corrected chi connectivity index (χ4v) is 2.93. The first kappa shape index (κ1) is 11.7. The van der Waals surface area contributed by atoms with E-state index in [0.29, 0.717) is 13.2 Å². The van der Waals surface area contributed by atoms with Gasteiger partial charge in [0.15, 0.2) is 0 Å². The van der Waals surface area contributed by atoms with Crippen LogP contribution in [0.4, 0.5) is 0 Å². The summed E-state index contributed by atoms with van der Waals surface area (Å²) in [5, 5.41) is 3.20. The van der Waals surface area contributed by atoms with Gasteiger partial charge in [0, 0.05) is 25.1 Å². The summed E-state index contributed by atoms with van der Waals surface area (Å²) in [6.07, 6.45) is 0.807. The molecule has 2 aromatic rings. The summed E-state index contributed by atoms with van der Waals surface area (Å²) >= 11 is 0. The van der Waals surface area contributed by atoms with Crippen molar-refractivity contribution in [1.82, 2.24) is 15.3 Å². The Morgan fingerprint density at radius 2 is 2.20 bits per heavy atom. The largest absolute Gasteiger partial charge is 0.492 e. The van der Waals surface area contributed by atoms with Gasteiger partial charge in [0.2, 0.25) is 0 Å². The molecule has 2 aliphatic rings. The van der Waals surface area contributed by atoms with E-state index in [9.17, 15) is 4.79 Å². The Balaban J connectivity index is 1.81. The predicted molar refractivity (Wildman–Crippen MR) is 74.0 cm³/mol. The molecule has 0 fully saturated rings. The maximum Gasteiger partial charge on any atom is 0.255 e. The lowest BCUT2D eigenvalue weighted by molar-refractivity contribution is 0.339. The molecule has 0 saturated heterocycles. The Morgan fingerprint density at radius 3 is 3.15 bits per heavy atom. The van der Waals surface area contributed by atoms with E-state index >= 15 is 0 Å². The van der Waals surface area contributed by atoms with Crippen molar-refractivity contribution >= 4 is 0 Å². The Hall–Kier alpha value is -2.14. The minimum atomic E-state index is -0.0263. The molecule has 4 rings (SSSR count). The van der Waals surface area contributed by atoms with Gasteiger partial charge in [0.25, 0.3) is 5.56 Å². The van der Waals surface area contributed by atoms with Gasteiger partial charge in [-0.15, -0.1) is 0 Å². The van der Waals surface area contributed by atoms with Crippen LogP contribution in [0, 0.1) is 0 Å². The number of aromatic amines is 1. The lowest BCUT2D eigenvalue weighted by Crippen LogP contribution is -2.32. The quantitative estimate of drug-likeness (QED) is 0.808. The van der Waals surface area contributed by atoms with Crippen LogP contribution >= 0.6 is 0 Å². The maximum absolute atomic E-state index is 12.2. The van der Waals surface area contributed by atoms with Crippen LogP contribution in [-0.2, 0) is 13.0 Å². The number of ether oxygens (including phenoxy) is 1. The number of rotatable bonds is 1. The van der Waals surface area contributed by atoms with Gasteiger partial charge < -0.3 is 15.0 Å². The molecular formula is C15H15N3O2. The minimum Gasteiger partial charge on any atom is -0.492 e. The Kier molecular flexibility index (Phi) is 2.60. The zero-order valence-corrected chi connectivity index (χ0v) is 11.0. The second kappa shape index (κ2) is 4.45. The smallest absolute Gasteiger partial charge is 0.255 e. The molecule has 102 valence electrons. The Labute approximate surface area is 116 Å². The second-order valence-corrected chi connectivity index (χ2v) is 5.20. The van der Waals surface area contributed by atoms with Crippen LogP contribution in [0.1, 0.15) is 28.6 Å². The second-order valence-electron chi connectivity index (χ2n) is 5.20. The van der Waals surface area contributed by atoms with Crippen molar-refractivity contribution in [2.24, 2.45) is 0 Å². The highest BCUT2D eigenvalue weighted by molar-refractivity contribution is 5.43. The number of fused-ring (bicyclic) bond motifs is 2. The van der Waals surface area contributed by atoms with E-state index in [0.717, 1.165) is 41.4 Å². The molecule has 0 amide bonds. The van der Waals surface area contributed by atoms with Gasteiger partial charge in [-0.05, 0) is 6.07 Å². The average Bonchev–Trinajstić information content (AvgIpc) is 2.91. The molecule has 20 heavy (non-hydrogen) atoms. The molecule has 2 N–H and O–H groups in total. The van der Waals surface area contributed by atoms with E-state index in [4.69, 9.17) is 4.74 Å². The summed E-state index contributed by atoms with van der Waals surface area (Å²) in [5.41, 5.74) is 2.77. The predicted octanol–water partition coefficient (Wildman–Crippen LogP) is 0.940. The summed E-state index contributed by atoms with van der Waals surface area (Å²) in [6, 6.07) is 7.93. The molecule has 0 radical (unpaired) electrons. The zero-order chi connectivity index (χ0) is 13.5. The molecular weight excluding hydrogens is 254 g/mol. The van der Waals surface area contributed by atoms with Crippen LogP contribution in [-0.4, -0.2) is 23.1 Å². The lowest BCUT2D eigenvalue weighted by atomic mass is 9.99. The number of hydrogen-bond acceptors (Lipinski definition) is 4. The SMILES string of the molecule is O=c1[nH]c(C2COc3ccccc32)nc2c1CNCC2. The van der Waals surface area contributed by atoms with E-state index in [1.165, 1.54) is 0 Å². The molecule has 1 unspecified atom stereocenters. The summed E-state index contributed by atoms with van der Waals surface area (Å²) in [7, 11) is 0. The third kappa shape index (κ3) is 1.74. The summed E-state index contributed by atoms with van der Waals surface area (Å²) in [4.78, 5) is 19.8. The van der Waals surface area contributed by atoms with E-state index in [-0.39, 0.29) is 11.5 Å². The number of benzene rings is 1. The Bertz CT molecular complexity index is 723. The van der Waals surface area contributed by atoms with Crippen LogP contribution in [0.15, 0.2) is 29.1 Å². The number of nitrogens with zero attached hydrogens (tertiary/aromatic N) is 1. The third-order valence-electron chi connectivity index (χ3n) is 3.99. The van der Waals surface area contributed by atoms with Crippen molar-refractivity contribution in [2.75, 3.05) is 13.2 Å². The Morgan fingerprint density at radius 1 is 1.30 bits per heavy atom. The van der Waals surface area contributed by atoms with Gasteiger partial charge in [-0.2, -0.15) is 0 Å². The first-order valence-electron chi connectivity index (χ1n) is 6.87. The van der Waals surface area contributed by atoms with Crippen molar-refractivity contribution in [1.29, 1.82) is 0 Å². The molecule has 3 heterocycles. The standard InChI is InChI=1S/C15H15N3O2/c19-15-10-7-16-6-5-12(10)17-14(18-15)11-8-20-13-4-2-1-3-9(11)13/h1-4,11,16H,5-8H2,(H,17,18,19). The molecule has 5 heteroatoms. The van der Waals surface area contributed by atoms with Gasteiger partial charge in [-0.25, -0.2) is 4.98 Å². The lowest BCUT2D eigenvalue weighted by Gasteiger charge is -2.17. The van der Waals surface area contributed by atoms with Crippen LogP contribution in [0.2, 0.25) is 0 Å². The van der Waals surface area contributed by atoms with Gasteiger partial charge in [0.05, 0.1) is 17.2 Å². The normalized spacial score (nSPS) is 20.1. The van der Waals surface area contributed by atoms with Crippen LogP contribution in [0.5, 0.6) is 5.75 Å². The highest BCUT2D eigenvalue weighted by Gasteiger charge is 2.28. The monoisotopic (exact) mass is 269 g/mol. The van der Waals surface area contributed by atoms with Crippen molar-refractivity contribution in [3.8, 4) is 5.75 Å². The van der Waals surface area contributed by atoms with Crippen molar-refractivity contribution in [3.63, 3.8) is 0 Å². The van der Waals surface area contributed by atoms with E-state index < -0.39 is 0 Å². The maximum atomic E-state index is 12.2. The van der Waals surface area contributed by atoms with E-state index in [1.54, 1.807) is 0 Å². The molecule has 5 nitrogen and oxygen atoms in total. The van der Waals surface area contributed by atoms with Gasteiger partial charge in [-0.1, -0.05) is 18.2 Å². The molecule has 0 bridgehead atoms. The summed E-state index contributed by atoms with van der Waals surface area (Å²) in [5.74, 6) is 1.64. The fraction of sp³-hybridized carbons (Fsp3) is 0.333. The molecule has 1 aromatic heterocycles. The first-order valence-corrected chi connectivity index (χ1v) is 6.87. The third-order valence-corrected chi connectivity index (χ3v) is 3.99. The highest BCUT2D eigenvalue weighted by atomic mass is 16.5. The number of hydrogen-bond donors (Lipinski definition) is 2. The van der Waals surface area contributed by atoms with Gasteiger partial charge >= 0.3 is 0 Å². The van der Waals surface area contributed by atoms with Crippen molar-refractivity contribution in [3.05, 3.63) is 57.3 Å². The summed E-state index contributed by atoms with van der Waals surface area (Å²) in [6.45, 7) is 2.02. The number of aromatic nitrogens is 2. The average molecular weight is 269 g/mol. The number of para-hydroxylation sites is 1. The van der Waals surface area contributed by atoms with Crippen molar-refractivity contribution in [2.45, 2.75) is 18.9 Å². The fourth-order valence-electron chi connectivity index (χ4n) is 2.93. The number of H-pyrrole nitrogens is 1. The summed E-state index contributed by atoms with van der Waals surface area (Å²) < 4.78 is 5.68. The van der Waals surface area contributed by atoms with Crippen LogP contribution in [0.3, 0.4) is 0 Å². The molecule has 1 atom stereocenters. The molecule has 0 aliphatic carbocycles. The molecule has 1 aromatic carbocycles. The zero-order valence-electron chi connectivity index (χ0n) is 11.0. The van der Waals surface area contributed by atoms with E-state index in [1.807, 2.05) is 24.3 Å². The minimum absolute atomic E-state index is 0.0263.